The third-order valence-corrected chi connectivity index (χ3v) is 5.33. The number of nitrogens with zero attached hydrogens (tertiary/aromatic N) is 1. The van der Waals surface area contributed by atoms with Gasteiger partial charge in [0.2, 0.25) is 10.0 Å². The molecule has 0 bridgehead atoms. The Morgan fingerprint density at radius 3 is 2.57 bits per heavy atom. The molecule has 0 heterocycles. The third-order valence-electron chi connectivity index (χ3n) is 3.87. The van der Waals surface area contributed by atoms with E-state index in [4.69, 9.17) is 5.84 Å². The first kappa shape index (κ1) is 15.7. The lowest BCUT2D eigenvalue weighted by molar-refractivity contribution is -0.384. The van der Waals surface area contributed by atoms with Crippen LogP contribution in [0.5, 0.6) is 0 Å². The number of sulfonamides is 1. The smallest absolute Gasteiger partial charge is 0.271 e. The van der Waals surface area contributed by atoms with E-state index in [0.29, 0.717) is 6.54 Å². The maximum absolute atomic E-state index is 12.3. The topological polar surface area (TPSA) is 127 Å². The first-order valence-electron chi connectivity index (χ1n) is 6.52. The van der Waals surface area contributed by atoms with Gasteiger partial charge in [0.1, 0.15) is 4.90 Å². The zero-order valence-corrected chi connectivity index (χ0v) is 12.4. The summed E-state index contributed by atoms with van der Waals surface area (Å²) < 4.78 is 27.2. The van der Waals surface area contributed by atoms with Crippen LogP contribution in [-0.2, 0) is 10.0 Å². The SMILES string of the molecule is CC1(CNS(=O)(=O)c2ccc([N+](=O)[O-])cc2NN)CCC1. The minimum Gasteiger partial charge on any atom is -0.323 e. The molecule has 0 radical (unpaired) electrons. The minimum atomic E-state index is -3.77. The van der Waals surface area contributed by atoms with Crippen molar-refractivity contribution in [1.29, 1.82) is 0 Å². The molecule has 0 aromatic heterocycles. The van der Waals surface area contributed by atoms with Gasteiger partial charge in [-0.2, -0.15) is 0 Å². The van der Waals surface area contributed by atoms with Gasteiger partial charge in [0.25, 0.3) is 5.69 Å². The Hall–Kier alpha value is -1.71. The van der Waals surface area contributed by atoms with Crippen LogP contribution in [0.3, 0.4) is 0 Å². The first-order valence-corrected chi connectivity index (χ1v) is 8.00. The predicted molar refractivity (Wildman–Crippen MR) is 78.1 cm³/mol. The highest BCUT2D eigenvalue weighted by Gasteiger charge is 2.33. The zero-order valence-electron chi connectivity index (χ0n) is 11.6. The molecule has 1 saturated carbocycles. The summed E-state index contributed by atoms with van der Waals surface area (Å²) in [5.74, 6) is 5.27. The number of nitrogens with one attached hydrogen (secondary N) is 2. The summed E-state index contributed by atoms with van der Waals surface area (Å²) >= 11 is 0. The summed E-state index contributed by atoms with van der Waals surface area (Å²) in [5.41, 5.74) is 1.96. The first-order chi connectivity index (χ1) is 9.77. The van der Waals surface area contributed by atoms with E-state index in [1.54, 1.807) is 0 Å². The Morgan fingerprint density at radius 2 is 2.10 bits per heavy atom. The molecule has 0 spiro atoms. The molecule has 0 saturated heterocycles. The van der Waals surface area contributed by atoms with Crippen LogP contribution >= 0.6 is 0 Å². The highest BCUT2D eigenvalue weighted by Crippen LogP contribution is 2.39. The maximum atomic E-state index is 12.3. The van der Waals surface area contributed by atoms with Gasteiger partial charge in [-0.3, -0.25) is 16.0 Å². The highest BCUT2D eigenvalue weighted by molar-refractivity contribution is 7.89. The lowest BCUT2D eigenvalue weighted by atomic mass is 9.71. The molecule has 2 rings (SSSR count). The van der Waals surface area contributed by atoms with Gasteiger partial charge in [-0.05, 0) is 24.3 Å². The van der Waals surface area contributed by atoms with Gasteiger partial charge in [-0.25, -0.2) is 13.1 Å². The fraction of sp³-hybridized carbons (Fsp3) is 0.500. The maximum Gasteiger partial charge on any atom is 0.271 e. The fourth-order valence-electron chi connectivity index (χ4n) is 2.28. The number of benzene rings is 1. The van der Waals surface area contributed by atoms with Gasteiger partial charge >= 0.3 is 0 Å². The average Bonchev–Trinajstić information content (AvgIpc) is 2.42. The van der Waals surface area contributed by atoms with Crippen molar-refractivity contribution in [3.05, 3.63) is 28.3 Å². The monoisotopic (exact) mass is 314 g/mol. The molecule has 0 unspecified atom stereocenters. The number of hydrogen-bond donors (Lipinski definition) is 3. The van der Waals surface area contributed by atoms with Crippen molar-refractivity contribution >= 4 is 21.4 Å². The zero-order chi connectivity index (χ0) is 15.7. The lowest BCUT2D eigenvalue weighted by Gasteiger charge is -2.38. The van der Waals surface area contributed by atoms with Crippen molar-refractivity contribution < 1.29 is 13.3 Å². The van der Waals surface area contributed by atoms with E-state index in [9.17, 15) is 18.5 Å². The Balaban J connectivity index is 2.24. The van der Waals surface area contributed by atoms with Gasteiger partial charge in [0.05, 0.1) is 10.6 Å². The van der Waals surface area contributed by atoms with E-state index in [1.165, 1.54) is 6.07 Å². The highest BCUT2D eigenvalue weighted by atomic mass is 32.2. The standard InChI is InChI=1S/C12H18N4O4S/c1-12(5-2-6-12)8-14-21(19,20)11-4-3-9(16(17)18)7-10(11)15-13/h3-4,7,14-15H,2,5-6,8,13H2,1H3. The fourth-order valence-corrected chi connectivity index (χ4v) is 3.63. The van der Waals surface area contributed by atoms with Crippen LogP contribution in [0.2, 0.25) is 0 Å². The second-order valence-electron chi connectivity index (χ2n) is 5.57. The van der Waals surface area contributed by atoms with Crippen molar-refractivity contribution in [2.45, 2.75) is 31.1 Å². The average molecular weight is 314 g/mol. The molecule has 1 aliphatic rings. The van der Waals surface area contributed by atoms with Gasteiger partial charge in [0, 0.05) is 18.7 Å². The molecule has 0 aliphatic heterocycles. The molecule has 1 aliphatic carbocycles. The molecule has 0 atom stereocenters. The Bertz CT molecular complexity index is 655. The Morgan fingerprint density at radius 1 is 1.43 bits per heavy atom. The quantitative estimate of drug-likeness (QED) is 0.413. The Labute approximate surface area is 122 Å². The molecular weight excluding hydrogens is 296 g/mol. The third kappa shape index (κ3) is 3.31. The second kappa shape index (κ2) is 5.58. The number of anilines is 1. The van der Waals surface area contributed by atoms with E-state index in [1.807, 2.05) is 6.92 Å². The number of rotatable bonds is 6. The van der Waals surface area contributed by atoms with Crippen LogP contribution in [0.15, 0.2) is 23.1 Å². The molecule has 9 heteroatoms. The molecule has 21 heavy (non-hydrogen) atoms. The summed E-state index contributed by atoms with van der Waals surface area (Å²) in [5, 5.41) is 10.7. The molecule has 116 valence electrons. The summed E-state index contributed by atoms with van der Waals surface area (Å²) in [7, 11) is -3.77. The van der Waals surface area contributed by atoms with Crippen LogP contribution in [0.4, 0.5) is 11.4 Å². The van der Waals surface area contributed by atoms with Crippen molar-refractivity contribution in [2.75, 3.05) is 12.0 Å². The van der Waals surface area contributed by atoms with E-state index in [2.05, 4.69) is 10.1 Å². The van der Waals surface area contributed by atoms with Gasteiger partial charge in [-0.1, -0.05) is 13.3 Å². The van der Waals surface area contributed by atoms with E-state index in [0.717, 1.165) is 31.4 Å². The van der Waals surface area contributed by atoms with Crippen molar-refractivity contribution in [1.82, 2.24) is 4.72 Å². The molecule has 0 amide bonds. The number of hydrogen-bond acceptors (Lipinski definition) is 6. The normalized spacial score (nSPS) is 17.0. The molecule has 4 N–H and O–H groups in total. The summed E-state index contributed by atoms with van der Waals surface area (Å²) in [4.78, 5) is 10.00. The number of hydrazine groups is 1. The Kier molecular flexibility index (Phi) is 4.17. The molecule has 1 aromatic carbocycles. The van der Waals surface area contributed by atoms with Crippen LogP contribution in [-0.4, -0.2) is 19.9 Å². The molecular formula is C12H18N4O4S. The number of non-ortho nitro benzene ring substituents is 1. The van der Waals surface area contributed by atoms with Crippen molar-refractivity contribution in [2.24, 2.45) is 11.3 Å². The van der Waals surface area contributed by atoms with Gasteiger partial charge < -0.3 is 5.43 Å². The van der Waals surface area contributed by atoms with Crippen LogP contribution in [0.1, 0.15) is 26.2 Å². The predicted octanol–water partition coefficient (Wildman–Crippen LogP) is 1.35. The van der Waals surface area contributed by atoms with E-state index < -0.39 is 14.9 Å². The van der Waals surface area contributed by atoms with Crippen LogP contribution < -0.4 is 16.0 Å². The lowest BCUT2D eigenvalue weighted by Crippen LogP contribution is -2.40. The molecule has 8 nitrogen and oxygen atoms in total. The number of nitrogen functional groups attached to an aromatic ring is 1. The largest absolute Gasteiger partial charge is 0.323 e. The number of nitrogens with two attached hydrogens (primary N) is 1. The molecule has 1 aromatic rings. The van der Waals surface area contributed by atoms with Gasteiger partial charge in [-0.15, -0.1) is 0 Å². The summed E-state index contributed by atoms with van der Waals surface area (Å²) in [6, 6.07) is 3.42. The van der Waals surface area contributed by atoms with Gasteiger partial charge in [0.15, 0.2) is 0 Å². The van der Waals surface area contributed by atoms with Crippen LogP contribution in [0.25, 0.3) is 0 Å². The van der Waals surface area contributed by atoms with Crippen molar-refractivity contribution in [3.63, 3.8) is 0 Å². The molecule has 1 fully saturated rings. The van der Waals surface area contributed by atoms with Crippen molar-refractivity contribution in [3.8, 4) is 0 Å². The van der Waals surface area contributed by atoms with Crippen LogP contribution in [0, 0.1) is 15.5 Å². The summed E-state index contributed by atoms with van der Waals surface area (Å²) in [6.45, 7) is 2.37. The minimum absolute atomic E-state index is 0.00420. The summed E-state index contributed by atoms with van der Waals surface area (Å²) in [6.07, 6.45) is 3.07. The van der Waals surface area contributed by atoms with E-state index >= 15 is 0 Å². The number of nitro groups is 1. The van der Waals surface area contributed by atoms with E-state index in [-0.39, 0.29) is 21.7 Å². The number of nitro benzene ring substituents is 1. The second-order valence-corrected chi connectivity index (χ2v) is 7.31.